The molecule has 0 N–H and O–H groups in total. The minimum absolute atomic E-state index is 0.0219. The summed E-state index contributed by atoms with van der Waals surface area (Å²) in [5.74, 6) is -0.271. The Balaban J connectivity index is 2.35. The van der Waals surface area contributed by atoms with Gasteiger partial charge in [0.15, 0.2) is 0 Å². The Hall–Kier alpha value is -2.15. The Morgan fingerprint density at radius 2 is 1.95 bits per heavy atom. The molecule has 1 aromatic carbocycles. The summed E-state index contributed by atoms with van der Waals surface area (Å²) in [6, 6.07) is 8.52. The molecule has 0 aliphatic rings. The van der Waals surface area contributed by atoms with Crippen molar-refractivity contribution >= 4 is 15.7 Å². The zero-order valence-electron chi connectivity index (χ0n) is 11.7. The number of aromatic nitrogens is 1. The van der Waals surface area contributed by atoms with Crippen LogP contribution in [0.25, 0.3) is 0 Å². The van der Waals surface area contributed by atoms with Crippen molar-refractivity contribution in [3.63, 3.8) is 0 Å². The Bertz CT molecular complexity index is 717. The minimum Gasteiger partial charge on any atom is -0.478 e. The van der Waals surface area contributed by atoms with Gasteiger partial charge >= 0.3 is 0 Å². The summed E-state index contributed by atoms with van der Waals surface area (Å²) in [6.45, 7) is 2.24. The molecule has 0 atom stereocenters. The van der Waals surface area contributed by atoms with Crippen molar-refractivity contribution in [1.29, 1.82) is 0 Å². The van der Waals surface area contributed by atoms with Gasteiger partial charge in [0.25, 0.3) is 10.0 Å². The van der Waals surface area contributed by atoms with Crippen LogP contribution in [0.4, 0.5) is 10.1 Å². The first-order chi connectivity index (χ1) is 9.96. The number of anilines is 1. The van der Waals surface area contributed by atoms with Crippen molar-refractivity contribution < 1.29 is 17.5 Å². The lowest BCUT2D eigenvalue weighted by atomic mass is 10.3. The highest BCUT2D eigenvalue weighted by molar-refractivity contribution is 7.92. The molecule has 0 saturated carbocycles. The number of sulfonamides is 1. The maximum Gasteiger partial charge on any atom is 0.265 e. The smallest absolute Gasteiger partial charge is 0.265 e. The van der Waals surface area contributed by atoms with E-state index in [1.807, 2.05) is 0 Å². The van der Waals surface area contributed by atoms with E-state index in [9.17, 15) is 12.8 Å². The number of hydrogen-bond acceptors (Lipinski definition) is 4. The predicted molar refractivity (Wildman–Crippen MR) is 77.4 cm³/mol. The zero-order chi connectivity index (χ0) is 15.5. The Kier molecular flexibility index (Phi) is 4.42. The molecule has 0 spiro atoms. The first-order valence-electron chi connectivity index (χ1n) is 6.29. The van der Waals surface area contributed by atoms with Gasteiger partial charge in [-0.15, -0.1) is 0 Å². The highest BCUT2D eigenvalue weighted by Gasteiger charge is 2.23. The SMILES string of the molecule is CCOc1ccc(S(=O)(=O)N(C)c2ccccc2F)cn1. The van der Waals surface area contributed by atoms with Gasteiger partial charge < -0.3 is 4.74 Å². The van der Waals surface area contributed by atoms with E-state index in [4.69, 9.17) is 4.74 Å². The molecule has 0 bridgehead atoms. The molecule has 0 radical (unpaired) electrons. The summed E-state index contributed by atoms with van der Waals surface area (Å²) in [6.07, 6.45) is 1.19. The van der Waals surface area contributed by atoms with Crippen LogP contribution < -0.4 is 9.04 Å². The van der Waals surface area contributed by atoms with E-state index in [1.54, 1.807) is 13.0 Å². The van der Waals surface area contributed by atoms with Crippen LogP contribution in [0.1, 0.15) is 6.92 Å². The molecule has 0 aliphatic heterocycles. The molecule has 0 saturated heterocycles. The van der Waals surface area contributed by atoms with Crippen molar-refractivity contribution in [2.45, 2.75) is 11.8 Å². The maximum atomic E-state index is 13.7. The summed E-state index contributed by atoms with van der Waals surface area (Å²) < 4.78 is 44.6. The van der Waals surface area contributed by atoms with Crippen molar-refractivity contribution in [2.24, 2.45) is 0 Å². The van der Waals surface area contributed by atoms with Gasteiger partial charge in [-0.2, -0.15) is 0 Å². The van der Waals surface area contributed by atoms with E-state index in [0.717, 1.165) is 4.31 Å². The number of pyridine rings is 1. The molecule has 0 unspecified atom stereocenters. The van der Waals surface area contributed by atoms with Gasteiger partial charge in [-0.1, -0.05) is 12.1 Å². The van der Waals surface area contributed by atoms with Gasteiger partial charge in [-0.25, -0.2) is 17.8 Å². The number of nitrogens with zero attached hydrogens (tertiary/aromatic N) is 2. The van der Waals surface area contributed by atoms with Crippen molar-refractivity contribution in [1.82, 2.24) is 4.98 Å². The molecule has 1 aromatic heterocycles. The van der Waals surface area contributed by atoms with Crippen LogP contribution >= 0.6 is 0 Å². The third-order valence-electron chi connectivity index (χ3n) is 2.85. The Morgan fingerprint density at radius 3 is 2.52 bits per heavy atom. The second kappa shape index (κ2) is 6.09. The quantitative estimate of drug-likeness (QED) is 0.851. The summed E-state index contributed by atoms with van der Waals surface area (Å²) >= 11 is 0. The Morgan fingerprint density at radius 1 is 1.24 bits per heavy atom. The molecule has 1 heterocycles. The fourth-order valence-corrected chi connectivity index (χ4v) is 2.90. The van der Waals surface area contributed by atoms with Crippen molar-refractivity contribution in [3.05, 3.63) is 48.4 Å². The van der Waals surface area contributed by atoms with Gasteiger partial charge in [0.1, 0.15) is 10.7 Å². The number of rotatable bonds is 5. The van der Waals surface area contributed by atoms with E-state index >= 15 is 0 Å². The lowest BCUT2D eigenvalue weighted by Crippen LogP contribution is -2.27. The average molecular weight is 310 g/mol. The van der Waals surface area contributed by atoms with Crippen molar-refractivity contribution in [3.8, 4) is 5.88 Å². The number of hydrogen-bond donors (Lipinski definition) is 0. The van der Waals surface area contributed by atoms with Crippen molar-refractivity contribution in [2.75, 3.05) is 18.0 Å². The molecule has 5 nitrogen and oxygen atoms in total. The molecule has 0 aliphatic carbocycles. The molecule has 2 aromatic rings. The molecule has 7 heteroatoms. The van der Waals surface area contributed by atoms with Gasteiger partial charge in [-0.3, -0.25) is 4.31 Å². The Labute approximate surface area is 123 Å². The summed E-state index contributed by atoms with van der Waals surface area (Å²) in [5.41, 5.74) is -0.0219. The molecular weight excluding hydrogens is 295 g/mol. The van der Waals surface area contributed by atoms with Crippen LogP contribution in [0, 0.1) is 5.82 Å². The average Bonchev–Trinajstić information content (AvgIpc) is 2.48. The molecule has 0 fully saturated rings. The molecule has 112 valence electrons. The summed E-state index contributed by atoms with van der Waals surface area (Å²) in [7, 11) is -2.58. The number of ether oxygens (including phenoxy) is 1. The zero-order valence-corrected chi connectivity index (χ0v) is 12.5. The molecule has 2 rings (SSSR count). The van der Waals surface area contributed by atoms with E-state index in [0.29, 0.717) is 12.5 Å². The first kappa shape index (κ1) is 15.2. The maximum absolute atomic E-state index is 13.7. The fraction of sp³-hybridized carbons (Fsp3) is 0.214. The van der Waals surface area contributed by atoms with E-state index in [-0.39, 0.29) is 10.6 Å². The largest absolute Gasteiger partial charge is 0.478 e. The standard InChI is InChI=1S/C14H15FN2O3S/c1-3-20-14-9-8-11(10-16-14)21(18,19)17(2)13-7-5-4-6-12(13)15/h4-10H,3H2,1-2H3. The van der Waals surface area contributed by atoms with Crippen LogP contribution in [-0.4, -0.2) is 27.1 Å². The third-order valence-corrected chi connectivity index (χ3v) is 4.61. The van der Waals surface area contributed by atoms with Crippen LogP contribution in [0.3, 0.4) is 0 Å². The highest BCUT2D eigenvalue weighted by Crippen LogP contribution is 2.24. The minimum atomic E-state index is -3.87. The van der Waals surface area contributed by atoms with Gasteiger partial charge in [0, 0.05) is 13.1 Å². The summed E-state index contributed by atoms with van der Waals surface area (Å²) in [4.78, 5) is 3.88. The van der Waals surface area contributed by atoms with Crippen LogP contribution in [-0.2, 0) is 10.0 Å². The van der Waals surface area contributed by atoms with E-state index in [1.165, 1.54) is 43.6 Å². The molecule has 21 heavy (non-hydrogen) atoms. The number of para-hydroxylation sites is 1. The van der Waals surface area contributed by atoms with Crippen LogP contribution in [0.15, 0.2) is 47.5 Å². The fourth-order valence-electron chi connectivity index (χ4n) is 1.75. The van der Waals surface area contributed by atoms with Gasteiger partial charge in [0.2, 0.25) is 5.88 Å². The lowest BCUT2D eigenvalue weighted by molar-refractivity contribution is 0.326. The molecular formula is C14H15FN2O3S. The van der Waals surface area contributed by atoms with E-state index in [2.05, 4.69) is 4.98 Å². The van der Waals surface area contributed by atoms with Crippen LogP contribution in [0.5, 0.6) is 5.88 Å². The third kappa shape index (κ3) is 3.13. The van der Waals surface area contributed by atoms with E-state index < -0.39 is 15.8 Å². The molecule has 0 amide bonds. The summed E-state index contributed by atoms with van der Waals surface area (Å²) in [5, 5.41) is 0. The van der Waals surface area contributed by atoms with Crippen LogP contribution in [0.2, 0.25) is 0 Å². The highest BCUT2D eigenvalue weighted by atomic mass is 32.2. The first-order valence-corrected chi connectivity index (χ1v) is 7.73. The monoisotopic (exact) mass is 310 g/mol. The number of halogens is 1. The second-order valence-corrected chi connectivity index (χ2v) is 6.16. The predicted octanol–water partition coefficient (Wildman–Crippen LogP) is 2.44. The topological polar surface area (TPSA) is 59.5 Å². The normalized spacial score (nSPS) is 11.2. The van der Waals surface area contributed by atoms with Gasteiger partial charge in [-0.05, 0) is 25.1 Å². The lowest BCUT2D eigenvalue weighted by Gasteiger charge is -2.19. The number of benzene rings is 1. The second-order valence-electron chi connectivity index (χ2n) is 4.19. The van der Waals surface area contributed by atoms with Gasteiger partial charge in [0.05, 0.1) is 18.5 Å².